The first-order chi connectivity index (χ1) is 25.5. The van der Waals surface area contributed by atoms with Crippen LogP contribution in [-0.2, 0) is 23.7 Å². The molecule has 0 bridgehead atoms. The van der Waals surface area contributed by atoms with Crippen LogP contribution >= 0.6 is 0 Å². The highest BCUT2D eigenvalue weighted by atomic mass is 16.8. The van der Waals surface area contributed by atoms with Crippen molar-refractivity contribution in [3.05, 3.63) is 0 Å². The van der Waals surface area contributed by atoms with Crippen LogP contribution in [0.2, 0.25) is 0 Å². The third kappa shape index (κ3) is 6.78. The summed E-state index contributed by atoms with van der Waals surface area (Å²) in [6.07, 6.45) is -10.7. The van der Waals surface area contributed by atoms with Gasteiger partial charge in [-0.25, -0.2) is 0 Å². The molecule has 0 amide bonds. The lowest BCUT2D eigenvalue weighted by molar-refractivity contribution is -0.379. The van der Waals surface area contributed by atoms with Crippen LogP contribution in [0.5, 0.6) is 0 Å². The second kappa shape index (κ2) is 14.6. The predicted molar refractivity (Wildman–Crippen MR) is 196 cm³/mol. The highest BCUT2D eigenvalue weighted by Crippen LogP contribution is 2.72. The van der Waals surface area contributed by atoms with Gasteiger partial charge in [0.1, 0.15) is 42.7 Å². The van der Waals surface area contributed by atoms with Crippen molar-refractivity contribution < 1.29 is 69.6 Å². The molecule has 2 unspecified atom stereocenters. The third-order valence-electron chi connectivity index (χ3n) is 16.6. The van der Waals surface area contributed by atoms with Crippen LogP contribution in [-0.4, -0.2) is 150 Å². The Kier molecular flexibility index (Phi) is 11.3. The van der Waals surface area contributed by atoms with Gasteiger partial charge in [-0.3, -0.25) is 0 Å². The van der Waals surface area contributed by atoms with Gasteiger partial charge in [-0.1, -0.05) is 27.7 Å². The minimum Gasteiger partial charge on any atom is -0.394 e. The lowest BCUT2D eigenvalue weighted by atomic mass is 9.39. The van der Waals surface area contributed by atoms with Crippen molar-refractivity contribution in [2.75, 3.05) is 6.61 Å². The van der Waals surface area contributed by atoms with Crippen LogP contribution < -0.4 is 0 Å². The van der Waals surface area contributed by atoms with E-state index in [1.54, 1.807) is 13.8 Å². The average molecular weight is 787 g/mol. The molecule has 7 fully saturated rings. The maximum Gasteiger partial charge on any atom is 0.187 e. The maximum absolute atomic E-state index is 12.3. The zero-order chi connectivity index (χ0) is 40.4. The summed E-state index contributed by atoms with van der Waals surface area (Å²) in [5, 5.41) is 99.1. The molecular formula is C41H70O14. The molecule has 3 aliphatic heterocycles. The van der Waals surface area contributed by atoms with E-state index < -0.39 is 103 Å². The molecular weight excluding hydrogens is 716 g/mol. The fourth-order valence-electron chi connectivity index (χ4n) is 13.6. The first kappa shape index (κ1) is 42.6. The number of aliphatic hydroxyl groups is 9. The molecule has 0 aromatic carbocycles. The predicted octanol–water partition coefficient (Wildman–Crippen LogP) is 0.969. The van der Waals surface area contributed by atoms with Crippen LogP contribution in [0.4, 0.5) is 0 Å². The second-order valence-corrected chi connectivity index (χ2v) is 20.6. The van der Waals surface area contributed by atoms with Crippen molar-refractivity contribution >= 4 is 0 Å². The minimum atomic E-state index is -1.69. The first-order valence-corrected chi connectivity index (χ1v) is 20.9. The normalized spacial score (nSPS) is 56.8. The maximum atomic E-state index is 12.3. The van der Waals surface area contributed by atoms with E-state index in [0.717, 1.165) is 25.7 Å². The van der Waals surface area contributed by atoms with E-state index in [1.807, 2.05) is 13.8 Å². The Balaban J connectivity index is 1.23. The summed E-state index contributed by atoms with van der Waals surface area (Å²) in [7, 11) is 0. The molecule has 318 valence electrons. The van der Waals surface area contributed by atoms with Crippen molar-refractivity contribution in [1.82, 2.24) is 0 Å². The lowest BCUT2D eigenvalue weighted by Gasteiger charge is -2.68. The SMILES string of the molecule is C[C@H]1O[C@H](O[C@H]2[C@H](OC3CC4[C@@H](C[C@H](O)[C@H]5[C@H]([C@]6(C)CC[C@H](C(C)(C)O)O6)CC[C@]45C)[C@]4(C)CC[C@H](O)C(C)(C)[C@H]34)O[C@@H](CO)[C@@H](O)[C@H]2O)[C@@H](O)[C@@H](O)[C@H]1O. The van der Waals surface area contributed by atoms with Crippen LogP contribution in [0.15, 0.2) is 0 Å². The Morgan fingerprint density at radius 1 is 0.691 bits per heavy atom. The van der Waals surface area contributed by atoms with Crippen molar-refractivity contribution in [1.29, 1.82) is 0 Å². The summed E-state index contributed by atoms with van der Waals surface area (Å²) in [5.41, 5.74) is -2.81. The number of fused-ring (bicyclic) bond motifs is 5. The molecule has 4 saturated carbocycles. The number of aliphatic hydroxyl groups excluding tert-OH is 8. The molecule has 14 nitrogen and oxygen atoms in total. The van der Waals surface area contributed by atoms with E-state index in [-0.39, 0.29) is 46.5 Å². The Morgan fingerprint density at radius 3 is 1.98 bits per heavy atom. The molecule has 3 saturated heterocycles. The second-order valence-electron chi connectivity index (χ2n) is 20.6. The van der Waals surface area contributed by atoms with Gasteiger partial charge in [0.25, 0.3) is 0 Å². The quantitative estimate of drug-likeness (QED) is 0.164. The van der Waals surface area contributed by atoms with Gasteiger partial charge in [-0.2, -0.15) is 0 Å². The van der Waals surface area contributed by atoms with E-state index in [1.165, 1.54) is 6.92 Å². The molecule has 55 heavy (non-hydrogen) atoms. The Bertz CT molecular complexity index is 1380. The van der Waals surface area contributed by atoms with E-state index in [4.69, 9.17) is 23.7 Å². The average Bonchev–Trinajstić information content (AvgIpc) is 3.70. The third-order valence-corrected chi connectivity index (χ3v) is 16.6. The molecule has 3 heterocycles. The van der Waals surface area contributed by atoms with Gasteiger partial charge in [0.15, 0.2) is 12.6 Å². The molecule has 7 rings (SSSR count). The molecule has 0 radical (unpaired) electrons. The van der Waals surface area contributed by atoms with Crippen LogP contribution in [0.3, 0.4) is 0 Å². The smallest absolute Gasteiger partial charge is 0.187 e. The van der Waals surface area contributed by atoms with Crippen molar-refractivity contribution in [2.45, 2.75) is 204 Å². The van der Waals surface area contributed by atoms with Crippen molar-refractivity contribution in [2.24, 2.45) is 45.8 Å². The van der Waals surface area contributed by atoms with E-state index in [2.05, 4.69) is 20.8 Å². The molecule has 14 heteroatoms. The van der Waals surface area contributed by atoms with Gasteiger partial charge >= 0.3 is 0 Å². The van der Waals surface area contributed by atoms with Gasteiger partial charge in [0.05, 0.1) is 48.3 Å². The number of ether oxygens (including phenoxy) is 5. The fraction of sp³-hybridized carbons (Fsp3) is 1.00. The summed E-state index contributed by atoms with van der Waals surface area (Å²) in [6.45, 7) is 15.3. The van der Waals surface area contributed by atoms with Crippen molar-refractivity contribution in [3.8, 4) is 0 Å². The fourth-order valence-corrected chi connectivity index (χ4v) is 13.6. The number of rotatable bonds is 7. The van der Waals surface area contributed by atoms with E-state index in [0.29, 0.717) is 25.7 Å². The molecule has 0 aromatic rings. The summed E-state index contributed by atoms with van der Waals surface area (Å²) < 4.78 is 31.8. The van der Waals surface area contributed by atoms with Crippen LogP contribution in [0.25, 0.3) is 0 Å². The molecule has 0 spiro atoms. The Morgan fingerprint density at radius 2 is 1.35 bits per heavy atom. The number of hydrogen-bond acceptors (Lipinski definition) is 14. The summed E-state index contributed by atoms with van der Waals surface area (Å²) >= 11 is 0. The van der Waals surface area contributed by atoms with Crippen LogP contribution in [0, 0.1) is 45.8 Å². The number of hydrogen-bond donors (Lipinski definition) is 9. The van der Waals surface area contributed by atoms with E-state index in [9.17, 15) is 46.0 Å². The van der Waals surface area contributed by atoms with Crippen molar-refractivity contribution in [3.63, 3.8) is 0 Å². The highest BCUT2D eigenvalue weighted by molar-refractivity contribution is 5.18. The minimum absolute atomic E-state index is 0.0613. The first-order valence-electron chi connectivity index (χ1n) is 20.9. The van der Waals surface area contributed by atoms with Gasteiger partial charge in [-0.05, 0) is 125 Å². The lowest BCUT2D eigenvalue weighted by Crippen LogP contribution is -2.68. The zero-order valence-corrected chi connectivity index (χ0v) is 33.9. The highest BCUT2D eigenvalue weighted by Gasteiger charge is 2.70. The van der Waals surface area contributed by atoms with Gasteiger partial charge in [0, 0.05) is 0 Å². The monoisotopic (exact) mass is 786 g/mol. The summed E-state index contributed by atoms with van der Waals surface area (Å²) in [6, 6.07) is 0. The molecule has 22 atom stereocenters. The topological polar surface area (TPSA) is 228 Å². The van der Waals surface area contributed by atoms with Gasteiger partial charge < -0.3 is 69.6 Å². The standard InChI is InChI=1S/C41H70O14/c1-18-28(45)30(47)32(49)35(51-18)54-33-31(48)29(46)24(17-42)53-36(33)52-23-16-21-20(40(7)13-10-25(44)37(2,3)34(23)40)15-22(43)27-19(9-12-39(21,27)6)41(8)14-11-26(55-41)38(4,5)50/h18-36,42-50H,9-17H2,1-8H3/t18-,19-,20-,21?,22+,23?,24+,25+,26-,27-,28+,29-,30+,31-,32+,33-,34+,35-,36-,39-,40+,41+/m1/s1. The van der Waals surface area contributed by atoms with Crippen LogP contribution in [0.1, 0.15) is 107 Å². The van der Waals surface area contributed by atoms with E-state index >= 15 is 0 Å². The largest absolute Gasteiger partial charge is 0.394 e. The zero-order valence-electron chi connectivity index (χ0n) is 33.9. The molecule has 7 aliphatic rings. The Hall–Kier alpha value is -0.560. The summed E-state index contributed by atoms with van der Waals surface area (Å²) in [4.78, 5) is 0. The molecule has 0 aromatic heterocycles. The van der Waals surface area contributed by atoms with Gasteiger partial charge in [0.2, 0.25) is 0 Å². The van der Waals surface area contributed by atoms with Gasteiger partial charge in [-0.15, -0.1) is 0 Å². The summed E-state index contributed by atoms with van der Waals surface area (Å²) in [5.74, 6) is -0.0280. The Labute approximate surface area is 325 Å². The molecule has 4 aliphatic carbocycles. The molecule has 9 N–H and O–H groups in total.